The summed E-state index contributed by atoms with van der Waals surface area (Å²) in [7, 11) is 0. The van der Waals surface area contributed by atoms with Crippen molar-refractivity contribution >= 4 is 51.4 Å². The van der Waals surface area contributed by atoms with Gasteiger partial charge in [-0.15, -0.1) is 17.9 Å². The highest BCUT2D eigenvalue weighted by Gasteiger charge is 2.14. The number of hydrogen-bond acceptors (Lipinski definition) is 5. The van der Waals surface area contributed by atoms with Crippen molar-refractivity contribution in [3.8, 4) is 0 Å². The largest absolute Gasteiger partial charge is 0.292 e. The minimum Gasteiger partial charge on any atom is -0.292 e. The van der Waals surface area contributed by atoms with Crippen LogP contribution in [-0.2, 0) is 6.54 Å². The zero-order valence-electron chi connectivity index (χ0n) is 12.6. The Hall–Kier alpha value is -1.89. The number of carbonyl (C=O) groups is 1. The Morgan fingerprint density at radius 1 is 1.42 bits per heavy atom. The molecule has 2 aromatic heterocycles. The van der Waals surface area contributed by atoms with Crippen LogP contribution in [0.3, 0.4) is 0 Å². The fourth-order valence-electron chi connectivity index (χ4n) is 2.21. The van der Waals surface area contributed by atoms with E-state index in [2.05, 4.69) is 11.6 Å². The molecule has 1 aromatic carbocycles. The molecule has 0 spiro atoms. The number of rotatable bonds is 6. The van der Waals surface area contributed by atoms with Crippen LogP contribution in [-0.4, -0.2) is 21.1 Å². The quantitative estimate of drug-likeness (QED) is 0.279. The second-order valence-corrected chi connectivity index (χ2v) is 7.28. The van der Waals surface area contributed by atoms with E-state index in [-0.39, 0.29) is 17.1 Å². The molecular weight excluding hydrogens is 364 g/mol. The average Bonchev–Trinajstić information content (AvgIpc) is 3.11. The maximum Gasteiger partial charge on any atom is 0.262 e. The third-order valence-electron chi connectivity index (χ3n) is 3.32. The van der Waals surface area contributed by atoms with Gasteiger partial charge in [-0.3, -0.25) is 14.2 Å². The van der Waals surface area contributed by atoms with Crippen molar-refractivity contribution in [3.63, 3.8) is 0 Å². The fourth-order valence-corrected chi connectivity index (χ4v) is 4.03. The number of ketones is 1. The van der Waals surface area contributed by atoms with Crippen molar-refractivity contribution in [2.24, 2.45) is 0 Å². The summed E-state index contributed by atoms with van der Waals surface area (Å²) in [6.45, 7) is 4.01. The van der Waals surface area contributed by atoms with E-state index in [1.165, 1.54) is 27.7 Å². The Bertz CT molecular complexity index is 965. The molecule has 0 amide bonds. The van der Waals surface area contributed by atoms with Crippen molar-refractivity contribution in [1.29, 1.82) is 0 Å². The molecule has 3 rings (SSSR count). The van der Waals surface area contributed by atoms with Crippen LogP contribution in [0.5, 0.6) is 0 Å². The molecule has 0 saturated carbocycles. The first-order chi connectivity index (χ1) is 11.6. The molecular formula is C17H13ClN2O2S2. The van der Waals surface area contributed by atoms with Gasteiger partial charge in [-0.2, -0.15) is 0 Å². The van der Waals surface area contributed by atoms with Crippen molar-refractivity contribution < 1.29 is 4.79 Å². The van der Waals surface area contributed by atoms with E-state index >= 15 is 0 Å². The standard InChI is InChI=1S/C17H13ClN2O2S2/c1-2-7-20-16(22)12-9-11(18)5-6-13(12)19-17(20)24-10-14(21)15-4-3-8-23-15/h2-6,8-9H,1,7,10H2. The Morgan fingerprint density at radius 2 is 2.25 bits per heavy atom. The first-order valence-corrected chi connectivity index (χ1v) is 9.35. The van der Waals surface area contributed by atoms with Gasteiger partial charge in [0.1, 0.15) is 0 Å². The van der Waals surface area contributed by atoms with Crippen molar-refractivity contribution in [2.45, 2.75) is 11.7 Å². The summed E-state index contributed by atoms with van der Waals surface area (Å²) in [5.41, 5.74) is 0.379. The highest BCUT2D eigenvalue weighted by molar-refractivity contribution is 7.99. The van der Waals surface area contributed by atoms with Gasteiger partial charge in [0.2, 0.25) is 0 Å². The van der Waals surface area contributed by atoms with Gasteiger partial charge in [0.15, 0.2) is 10.9 Å². The highest BCUT2D eigenvalue weighted by Crippen LogP contribution is 2.22. The molecule has 3 aromatic rings. The van der Waals surface area contributed by atoms with Gasteiger partial charge in [-0.1, -0.05) is 35.5 Å². The molecule has 122 valence electrons. The Morgan fingerprint density at radius 3 is 2.96 bits per heavy atom. The number of nitrogens with zero attached hydrogens (tertiary/aromatic N) is 2. The molecule has 0 N–H and O–H groups in total. The summed E-state index contributed by atoms with van der Waals surface area (Å²) in [5, 5.41) is 3.31. The van der Waals surface area contributed by atoms with Gasteiger partial charge in [-0.05, 0) is 29.6 Å². The lowest BCUT2D eigenvalue weighted by Crippen LogP contribution is -2.23. The van der Waals surface area contributed by atoms with Crippen LogP contribution in [0.25, 0.3) is 10.9 Å². The molecule has 0 bridgehead atoms. The first kappa shape index (κ1) is 17.0. The third kappa shape index (κ3) is 3.45. The lowest BCUT2D eigenvalue weighted by atomic mass is 10.2. The normalized spacial score (nSPS) is 10.9. The number of fused-ring (bicyclic) bond motifs is 1. The van der Waals surface area contributed by atoms with E-state index in [4.69, 9.17) is 11.6 Å². The number of benzene rings is 1. The number of carbonyl (C=O) groups excluding carboxylic acids is 1. The molecule has 0 aliphatic rings. The number of hydrogen-bond donors (Lipinski definition) is 0. The summed E-state index contributed by atoms with van der Waals surface area (Å²) in [4.78, 5) is 30.1. The van der Waals surface area contributed by atoms with E-state index in [0.29, 0.717) is 32.5 Å². The molecule has 0 fully saturated rings. The van der Waals surface area contributed by atoms with Crippen molar-refractivity contribution in [3.05, 3.63) is 68.6 Å². The van der Waals surface area contributed by atoms with E-state index in [0.717, 1.165) is 0 Å². The minimum atomic E-state index is -0.187. The van der Waals surface area contributed by atoms with Gasteiger partial charge in [0, 0.05) is 11.6 Å². The molecule has 0 radical (unpaired) electrons. The Balaban J connectivity index is 1.98. The number of thiophene rings is 1. The van der Waals surface area contributed by atoms with Gasteiger partial charge < -0.3 is 0 Å². The zero-order valence-corrected chi connectivity index (χ0v) is 15.0. The lowest BCUT2D eigenvalue weighted by molar-refractivity contribution is 0.102. The average molecular weight is 377 g/mol. The molecule has 0 unspecified atom stereocenters. The fraction of sp³-hybridized carbons (Fsp3) is 0.118. The third-order valence-corrected chi connectivity index (χ3v) is 5.44. The van der Waals surface area contributed by atoms with Crippen LogP contribution in [0.1, 0.15) is 9.67 Å². The SMILES string of the molecule is C=CCn1c(SCC(=O)c2cccs2)nc2ccc(Cl)cc2c1=O. The molecule has 4 nitrogen and oxygen atoms in total. The molecule has 2 heterocycles. The zero-order chi connectivity index (χ0) is 17.1. The van der Waals surface area contributed by atoms with Crippen molar-refractivity contribution in [1.82, 2.24) is 9.55 Å². The highest BCUT2D eigenvalue weighted by atomic mass is 35.5. The maximum absolute atomic E-state index is 12.7. The van der Waals surface area contributed by atoms with E-state index in [1.54, 1.807) is 30.3 Å². The van der Waals surface area contributed by atoms with Crippen molar-refractivity contribution in [2.75, 3.05) is 5.75 Å². The monoisotopic (exact) mass is 376 g/mol. The first-order valence-electron chi connectivity index (χ1n) is 7.10. The Kier molecular flexibility index (Phi) is 5.18. The second-order valence-electron chi connectivity index (χ2n) is 4.95. The maximum atomic E-state index is 12.7. The van der Waals surface area contributed by atoms with Gasteiger partial charge >= 0.3 is 0 Å². The van der Waals surface area contributed by atoms with E-state index < -0.39 is 0 Å². The number of allylic oxidation sites excluding steroid dienone is 1. The molecule has 0 aliphatic carbocycles. The number of halogens is 1. The lowest BCUT2D eigenvalue weighted by Gasteiger charge is -2.11. The molecule has 0 saturated heterocycles. The number of aromatic nitrogens is 2. The number of thioether (sulfide) groups is 1. The van der Waals surface area contributed by atoms with Crippen LogP contribution in [0.2, 0.25) is 5.02 Å². The molecule has 0 atom stereocenters. The summed E-state index contributed by atoms with van der Waals surface area (Å²) in [6, 6.07) is 8.65. The molecule has 0 aliphatic heterocycles. The van der Waals surface area contributed by atoms with Gasteiger partial charge in [0.25, 0.3) is 5.56 Å². The number of Topliss-reactive ketones (excluding diaryl/α,β-unsaturated/α-hetero) is 1. The van der Waals surface area contributed by atoms with Gasteiger partial charge in [0.05, 0.1) is 21.5 Å². The van der Waals surface area contributed by atoms with Crippen LogP contribution in [0.15, 0.2) is 58.3 Å². The van der Waals surface area contributed by atoms with Crippen LogP contribution in [0, 0.1) is 0 Å². The summed E-state index contributed by atoms with van der Waals surface area (Å²) in [6.07, 6.45) is 1.63. The molecule has 7 heteroatoms. The second kappa shape index (κ2) is 7.34. The van der Waals surface area contributed by atoms with E-state index in [1.807, 2.05) is 11.4 Å². The topological polar surface area (TPSA) is 52.0 Å². The van der Waals surface area contributed by atoms with Gasteiger partial charge in [-0.25, -0.2) is 4.98 Å². The minimum absolute atomic E-state index is 0.0191. The summed E-state index contributed by atoms with van der Waals surface area (Å²) in [5.74, 6) is 0.244. The van der Waals surface area contributed by atoms with Crippen LogP contribution >= 0.6 is 34.7 Å². The Labute approximate surface area is 151 Å². The smallest absolute Gasteiger partial charge is 0.262 e. The predicted octanol–water partition coefficient (Wildman–Crippen LogP) is 4.27. The van der Waals surface area contributed by atoms with Crippen LogP contribution in [0.4, 0.5) is 0 Å². The summed E-state index contributed by atoms with van der Waals surface area (Å²) >= 11 is 8.63. The van der Waals surface area contributed by atoms with Crippen LogP contribution < -0.4 is 5.56 Å². The van der Waals surface area contributed by atoms with E-state index in [9.17, 15) is 9.59 Å². The molecule has 24 heavy (non-hydrogen) atoms. The predicted molar refractivity (Wildman–Crippen MR) is 101 cm³/mol. The summed E-state index contributed by atoms with van der Waals surface area (Å²) < 4.78 is 1.51.